The maximum atomic E-state index is 12.3. The number of nitrogen functional groups attached to an aromatic ring is 1. The second-order valence-electron chi connectivity index (χ2n) is 4.18. The molecule has 0 heterocycles. The summed E-state index contributed by atoms with van der Waals surface area (Å²) in [5.74, 6) is 5.72. The van der Waals surface area contributed by atoms with E-state index in [0.717, 1.165) is 5.56 Å². The molecule has 0 aliphatic heterocycles. The van der Waals surface area contributed by atoms with Gasteiger partial charge in [-0.05, 0) is 36.8 Å². The zero-order chi connectivity index (χ0) is 14.0. The van der Waals surface area contributed by atoms with E-state index >= 15 is 0 Å². The normalized spacial score (nSPS) is 11.3. The Hall–Kier alpha value is -2.05. The standard InChI is InChI=1S/C13H15N3O2S/c1-10-7-8-13(12(14)9-10)16(15)19(17,18)11-5-3-2-4-6-11/h2-9H,14-15H2,1H3. The number of nitrogens with zero attached hydrogens (tertiary/aromatic N) is 1. The minimum absolute atomic E-state index is 0.123. The molecule has 2 aromatic rings. The van der Waals surface area contributed by atoms with E-state index in [1.54, 1.807) is 36.4 Å². The minimum Gasteiger partial charge on any atom is -0.397 e. The first-order chi connectivity index (χ1) is 8.93. The predicted octanol–water partition coefficient (Wildman–Crippen LogP) is 1.65. The lowest BCUT2D eigenvalue weighted by atomic mass is 10.2. The van der Waals surface area contributed by atoms with Crippen molar-refractivity contribution in [2.75, 3.05) is 10.1 Å². The van der Waals surface area contributed by atoms with E-state index in [0.29, 0.717) is 10.1 Å². The average Bonchev–Trinajstić information content (AvgIpc) is 2.39. The molecule has 4 N–H and O–H groups in total. The van der Waals surface area contributed by atoms with E-state index in [-0.39, 0.29) is 10.6 Å². The number of hydrogen-bond donors (Lipinski definition) is 2. The molecule has 0 amide bonds. The summed E-state index contributed by atoms with van der Waals surface area (Å²) in [5, 5.41) is 0. The Morgan fingerprint density at radius 1 is 1.05 bits per heavy atom. The van der Waals surface area contributed by atoms with E-state index in [9.17, 15) is 8.42 Å². The molecule has 100 valence electrons. The van der Waals surface area contributed by atoms with Gasteiger partial charge in [0.2, 0.25) is 0 Å². The second-order valence-corrected chi connectivity index (χ2v) is 5.99. The lowest BCUT2D eigenvalue weighted by Crippen LogP contribution is -2.37. The summed E-state index contributed by atoms with van der Waals surface area (Å²) in [6.45, 7) is 1.87. The van der Waals surface area contributed by atoms with Crippen molar-refractivity contribution < 1.29 is 8.42 Å². The van der Waals surface area contributed by atoms with Gasteiger partial charge in [-0.25, -0.2) is 5.84 Å². The molecular formula is C13H15N3O2S. The summed E-state index contributed by atoms with van der Waals surface area (Å²) in [7, 11) is -3.80. The third kappa shape index (κ3) is 2.54. The molecule has 6 heteroatoms. The molecule has 0 spiro atoms. The highest BCUT2D eigenvalue weighted by molar-refractivity contribution is 7.92. The van der Waals surface area contributed by atoms with Crippen LogP contribution in [-0.2, 0) is 10.0 Å². The van der Waals surface area contributed by atoms with Crippen LogP contribution in [0.3, 0.4) is 0 Å². The number of hydrogen-bond acceptors (Lipinski definition) is 4. The summed E-state index contributed by atoms with van der Waals surface area (Å²) in [6.07, 6.45) is 0. The van der Waals surface area contributed by atoms with Crippen LogP contribution in [0.1, 0.15) is 5.56 Å². The molecule has 0 unspecified atom stereocenters. The molecule has 0 atom stereocenters. The van der Waals surface area contributed by atoms with Crippen LogP contribution in [-0.4, -0.2) is 8.42 Å². The third-order valence-corrected chi connectivity index (χ3v) is 4.30. The Morgan fingerprint density at radius 3 is 2.26 bits per heavy atom. The van der Waals surface area contributed by atoms with Crippen molar-refractivity contribution in [2.24, 2.45) is 5.84 Å². The van der Waals surface area contributed by atoms with Gasteiger partial charge in [-0.15, -0.1) is 0 Å². The first-order valence-electron chi connectivity index (χ1n) is 5.64. The van der Waals surface area contributed by atoms with Crippen LogP contribution in [0.2, 0.25) is 0 Å². The zero-order valence-corrected chi connectivity index (χ0v) is 11.3. The fourth-order valence-corrected chi connectivity index (χ4v) is 2.86. The van der Waals surface area contributed by atoms with Crippen molar-refractivity contribution in [3.05, 3.63) is 54.1 Å². The molecule has 0 fully saturated rings. The molecule has 0 radical (unpaired) electrons. The van der Waals surface area contributed by atoms with Crippen molar-refractivity contribution >= 4 is 21.4 Å². The molecular weight excluding hydrogens is 262 g/mol. The van der Waals surface area contributed by atoms with E-state index in [1.165, 1.54) is 12.1 Å². The fourth-order valence-electron chi connectivity index (χ4n) is 1.71. The zero-order valence-electron chi connectivity index (χ0n) is 10.4. The van der Waals surface area contributed by atoms with Gasteiger partial charge in [0.25, 0.3) is 10.0 Å². The summed E-state index contributed by atoms with van der Waals surface area (Å²) < 4.78 is 25.3. The Labute approximate surface area is 112 Å². The van der Waals surface area contributed by atoms with Crippen LogP contribution >= 0.6 is 0 Å². The van der Waals surface area contributed by atoms with Crippen LogP contribution < -0.4 is 16.0 Å². The minimum atomic E-state index is -3.80. The maximum Gasteiger partial charge on any atom is 0.277 e. The highest BCUT2D eigenvalue weighted by Gasteiger charge is 2.23. The van der Waals surface area contributed by atoms with E-state index in [4.69, 9.17) is 11.6 Å². The molecule has 0 saturated heterocycles. The van der Waals surface area contributed by atoms with Crippen LogP contribution in [0.25, 0.3) is 0 Å². The Kier molecular flexibility index (Phi) is 3.46. The highest BCUT2D eigenvalue weighted by atomic mass is 32.2. The number of anilines is 2. The van der Waals surface area contributed by atoms with Crippen molar-refractivity contribution in [1.29, 1.82) is 0 Å². The van der Waals surface area contributed by atoms with Gasteiger partial charge in [0.05, 0.1) is 16.3 Å². The first-order valence-corrected chi connectivity index (χ1v) is 7.08. The van der Waals surface area contributed by atoms with Crippen LogP contribution in [0.4, 0.5) is 11.4 Å². The topological polar surface area (TPSA) is 89.4 Å². The Morgan fingerprint density at radius 2 is 1.68 bits per heavy atom. The maximum absolute atomic E-state index is 12.3. The van der Waals surface area contributed by atoms with Gasteiger partial charge in [-0.1, -0.05) is 24.3 Å². The second kappa shape index (κ2) is 4.91. The SMILES string of the molecule is Cc1ccc(N(N)S(=O)(=O)c2ccccc2)c(N)c1. The number of aryl methyl sites for hydroxylation is 1. The highest BCUT2D eigenvalue weighted by Crippen LogP contribution is 2.26. The van der Waals surface area contributed by atoms with Crippen molar-refractivity contribution in [3.8, 4) is 0 Å². The van der Waals surface area contributed by atoms with Crippen molar-refractivity contribution in [2.45, 2.75) is 11.8 Å². The molecule has 0 aliphatic rings. The number of nitrogens with two attached hydrogens (primary N) is 2. The average molecular weight is 277 g/mol. The van der Waals surface area contributed by atoms with Gasteiger partial charge in [-0.2, -0.15) is 12.8 Å². The monoisotopic (exact) mass is 277 g/mol. The van der Waals surface area contributed by atoms with E-state index in [1.807, 2.05) is 6.92 Å². The number of benzene rings is 2. The molecule has 0 aliphatic carbocycles. The van der Waals surface area contributed by atoms with Crippen molar-refractivity contribution in [1.82, 2.24) is 0 Å². The molecule has 0 bridgehead atoms. The Bertz CT molecular complexity index is 684. The molecule has 0 saturated carbocycles. The first kappa shape index (κ1) is 13.4. The fraction of sp³-hybridized carbons (Fsp3) is 0.0769. The smallest absolute Gasteiger partial charge is 0.277 e. The van der Waals surface area contributed by atoms with E-state index in [2.05, 4.69) is 0 Å². The number of sulfonamides is 1. The molecule has 19 heavy (non-hydrogen) atoms. The Balaban J connectivity index is 2.47. The van der Waals surface area contributed by atoms with Crippen molar-refractivity contribution in [3.63, 3.8) is 0 Å². The summed E-state index contributed by atoms with van der Waals surface area (Å²) >= 11 is 0. The molecule has 0 aromatic heterocycles. The van der Waals surface area contributed by atoms with Gasteiger partial charge in [0, 0.05) is 0 Å². The molecule has 5 nitrogen and oxygen atoms in total. The molecule has 2 rings (SSSR count). The summed E-state index contributed by atoms with van der Waals surface area (Å²) in [4.78, 5) is 0.123. The summed E-state index contributed by atoms with van der Waals surface area (Å²) in [5.41, 5.74) is 7.33. The molecule has 2 aromatic carbocycles. The van der Waals surface area contributed by atoms with Crippen LogP contribution in [0.15, 0.2) is 53.4 Å². The lowest BCUT2D eigenvalue weighted by molar-refractivity contribution is 0.592. The quantitative estimate of drug-likeness (QED) is 0.507. The summed E-state index contributed by atoms with van der Waals surface area (Å²) in [6, 6.07) is 13.0. The van der Waals surface area contributed by atoms with Gasteiger partial charge < -0.3 is 5.73 Å². The van der Waals surface area contributed by atoms with Gasteiger partial charge >= 0.3 is 0 Å². The van der Waals surface area contributed by atoms with Crippen LogP contribution in [0.5, 0.6) is 0 Å². The van der Waals surface area contributed by atoms with E-state index < -0.39 is 10.0 Å². The van der Waals surface area contributed by atoms with Crippen LogP contribution in [0, 0.1) is 6.92 Å². The van der Waals surface area contributed by atoms with Gasteiger partial charge in [-0.3, -0.25) is 0 Å². The predicted molar refractivity (Wildman–Crippen MR) is 75.9 cm³/mol. The number of rotatable bonds is 3. The number of hydrazine groups is 1. The lowest BCUT2D eigenvalue weighted by Gasteiger charge is -2.20. The van der Waals surface area contributed by atoms with Gasteiger partial charge in [0.1, 0.15) is 0 Å². The van der Waals surface area contributed by atoms with Gasteiger partial charge in [0.15, 0.2) is 0 Å². The largest absolute Gasteiger partial charge is 0.397 e. The third-order valence-electron chi connectivity index (χ3n) is 2.72.